The highest BCUT2D eigenvalue weighted by Gasteiger charge is 2.35. The summed E-state index contributed by atoms with van der Waals surface area (Å²) in [6.45, 7) is 34.2. The average molecular weight is 963 g/mol. The van der Waals surface area contributed by atoms with Crippen molar-refractivity contribution in [2.24, 2.45) is 14.1 Å². The Hall–Kier alpha value is -5.02. The van der Waals surface area contributed by atoms with Crippen LogP contribution in [0.1, 0.15) is 139 Å². The van der Waals surface area contributed by atoms with E-state index >= 15 is 0 Å². The van der Waals surface area contributed by atoms with Gasteiger partial charge in [-0.1, -0.05) is 145 Å². The fraction of sp³-hybridized carbons (Fsp3) is 0.410. The Morgan fingerprint density at radius 1 is 0.507 bits per heavy atom. The summed E-state index contributed by atoms with van der Waals surface area (Å²) < 4.78 is 33.4. The summed E-state index contributed by atoms with van der Waals surface area (Å²) in [5.74, 6) is 3.31. The molecule has 8 aromatic rings. The molecule has 364 valence electrons. The van der Waals surface area contributed by atoms with Crippen LogP contribution in [0, 0.1) is 0 Å². The Balaban J connectivity index is 1.40. The van der Waals surface area contributed by atoms with Crippen molar-refractivity contribution < 1.29 is 18.5 Å². The topological polar surface area (TPSA) is 46.8 Å². The smallest absolute Gasteiger partial charge is 0.157 e. The Kier molecular flexibility index (Phi) is 13.6. The van der Waals surface area contributed by atoms with Crippen LogP contribution in [0.4, 0.5) is 0 Å². The molecule has 8 rings (SSSR count). The molecule has 0 saturated heterocycles. The van der Waals surface area contributed by atoms with Crippen molar-refractivity contribution in [3.05, 3.63) is 132 Å². The van der Waals surface area contributed by atoms with Gasteiger partial charge in [0.05, 0.1) is 11.0 Å². The van der Waals surface area contributed by atoms with Crippen LogP contribution in [0.2, 0.25) is 0 Å². The van der Waals surface area contributed by atoms with Crippen LogP contribution in [-0.2, 0) is 35.8 Å². The van der Waals surface area contributed by atoms with Crippen molar-refractivity contribution >= 4 is 61.0 Å². The molecule has 6 nitrogen and oxygen atoms in total. The number of aryl methyl sites for hydroxylation is 2. The normalized spacial score (nSPS) is 14.5. The third-order valence-corrected chi connectivity index (χ3v) is 16.2. The fourth-order valence-corrected chi connectivity index (χ4v) is 10.9. The van der Waals surface area contributed by atoms with Crippen molar-refractivity contribution in [1.82, 2.24) is 9.13 Å². The third kappa shape index (κ3) is 10.1. The van der Waals surface area contributed by atoms with E-state index in [2.05, 4.69) is 237 Å². The van der Waals surface area contributed by atoms with Gasteiger partial charge in [-0.25, -0.2) is 0 Å². The summed E-state index contributed by atoms with van der Waals surface area (Å²) in [5.41, 5.74) is 8.58. The van der Waals surface area contributed by atoms with Crippen LogP contribution < -0.4 is 18.5 Å². The van der Waals surface area contributed by atoms with Gasteiger partial charge in [0, 0.05) is 59.5 Å². The highest BCUT2D eigenvalue weighted by Crippen LogP contribution is 2.56. The summed E-state index contributed by atoms with van der Waals surface area (Å²) in [7, 11) is 4.14. The Labute approximate surface area is 416 Å². The molecule has 0 amide bonds. The molecule has 2 aromatic heterocycles. The molecule has 6 aromatic carbocycles. The first kappa shape index (κ1) is 50.4. The summed E-state index contributed by atoms with van der Waals surface area (Å²) in [4.78, 5) is 0. The highest BCUT2D eigenvalue weighted by molar-refractivity contribution is 7.34. The number of hydrogen-bond donors (Lipinski definition) is 0. The molecule has 0 N–H and O–H groups in total. The van der Waals surface area contributed by atoms with Crippen molar-refractivity contribution in [1.29, 1.82) is 0 Å². The number of nitrogens with zero attached hydrogens (tertiary/aromatic N) is 2. The van der Waals surface area contributed by atoms with Gasteiger partial charge in [0.15, 0.2) is 11.2 Å². The van der Waals surface area contributed by atoms with Crippen molar-refractivity contribution in [2.75, 3.05) is 0 Å². The van der Waals surface area contributed by atoms with E-state index in [4.69, 9.17) is 18.5 Å². The number of hydrogen-bond acceptors (Lipinski definition) is 4. The molecule has 0 fully saturated rings. The first-order valence-corrected chi connectivity index (χ1v) is 26.7. The van der Waals surface area contributed by atoms with Crippen LogP contribution in [0.15, 0.2) is 109 Å². The molecule has 4 atom stereocenters. The molecule has 0 radical (unpaired) electrons. The zero-order valence-electron chi connectivity index (χ0n) is 44.4. The second-order valence-corrected chi connectivity index (χ2v) is 26.0. The van der Waals surface area contributed by atoms with E-state index in [-0.39, 0.29) is 45.1 Å². The van der Waals surface area contributed by atoms with Crippen LogP contribution in [0.25, 0.3) is 54.5 Å². The standard InChI is InChI=1S/C61H76N2O4P2/c1-18-52(64-50-24-20-22-48-44(50)30-32-62(48)16)68-66-55-46(59(9,10)11)36-38-34-40(57(3,4)5)26-28-42(38)53(55)54-43-29-27-41(58(6,7)8)35-39(43)37-47(60(12,13)14)56(54)67-69-61(15,19-2)65-51-25-21-23-49-45(51)31-33-63(49)17/h20-37,52,68-69H,18-19H2,1-17H3. The van der Waals surface area contributed by atoms with E-state index in [1.165, 1.54) is 21.9 Å². The van der Waals surface area contributed by atoms with E-state index in [0.29, 0.717) is 0 Å². The van der Waals surface area contributed by atoms with Crippen molar-refractivity contribution in [3.8, 4) is 34.1 Å². The molecule has 0 saturated carbocycles. The van der Waals surface area contributed by atoms with Gasteiger partial charge < -0.3 is 27.7 Å². The molecule has 0 aliphatic rings. The molecule has 69 heavy (non-hydrogen) atoms. The fourth-order valence-electron chi connectivity index (χ4n) is 9.31. The minimum atomic E-state index is -0.632. The predicted octanol–water partition coefficient (Wildman–Crippen LogP) is 17.8. The summed E-state index contributed by atoms with van der Waals surface area (Å²) in [6.07, 6.45) is 5.73. The molecule has 2 heterocycles. The molecule has 8 heteroatoms. The van der Waals surface area contributed by atoms with Gasteiger partial charge in [0.2, 0.25) is 0 Å². The molecular weight excluding hydrogens is 887 g/mol. The van der Waals surface area contributed by atoms with Gasteiger partial charge in [-0.3, -0.25) is 0 Å². The van der Waals surface area contributed by atoms with E-state index < -0.39 is 5.34 Å². The molecule has 4 unspecified atom stereocenters. The lowest BCUT2D eigenvalue weighted by Crippen LogP contribution is -2.27. The van der Waals surface area contributed by atoms with Crippen LogP contribution >= 0.6 is 17.6 Å². The van der Waals surface area contributed by atoms with Gasteiger partial charge >= 0.3 is 0 Å². The van der Waals surface area contributed by atoms with E-state index in [1.807, 2.05) is 0 Å². The number of ether oxygens (including phenoxy) is 2. The Bertz CT molecular complexity index is 3190. The largest absolute Gasteiger partial charge is 0.482 e. The quantitative estimate of drug-likeness (QED) is 0.108. The second-order valence-electron chi connectivity index (χ2n) is 23.5. The Morgan fingerprint density at radius 3 is 1.42 bits per heavy atom. The summed E-state index contributed by atoms with van der Waals surface area (Å²) in [6, 6.07) is 35.8. The minimum absolute atomic E-state index is 0.0104. The first-order chi connectivity index (χ1) is 32.3. The number of rotatable bonds is 13. The summed E-state index contributed by atoms with van der Waals surface area (Å²) >= 11 is 0. The minimum Gasteiger partial charge on any atom is -0.482 e. The predicted molar refractivity (Wildman–Crippen MR) is 299 cm³/mol. The van der Waals surface area contributed by atoms with Gasteiger partial charge in [-0.05, 0) is 123 Å². The first-order valence-electron chi connectivity index (χ1n) is 24.9. The van der Waals surface area contributed by atoms with Gasteiger partial charge in [0.1, 0.15) is 40.6 Å². The third-order valence-electron chi connectivity index (χ3n) is 13.9. The van der Waals surface area contributed by atoms with Gasteiger partial charge in [0.25, 0.3) is 0 Å². The molecular formula is C61H76N2O4P2. The molecule has 0 spiro atoms. The molecule has 0 aliphatic heterocycles. The van der Waals surface area contributed by atoms with Crippen LogP contribution in [0.5, 0.6) is 23.0 Å². The average Bonchev–Trinajstić information content (AvgIpc) is 3.86. The van der Waals surface area contributed by atoms with E-state index in [1.54, 1.807) is 0 Å². The van der Waals surface area contributed by atoms with Crippen LogP contribution in [0.3, 0.4) is 0 Å². The number of benzene rings is 6. The number of fused-ring (bicyclic) bond motifs is 4. The van der Waals surface area contributed by atoms with Crippen molar-refractivity contribution in [2.45, 2.75) is 150 Å². The zero-order chi connectivity index (χ0) is 50.0. The molecule has 0 bridgehead atoms. The summed E-state index contributed by atoms with van der Waals surface area (Å²) in [5, 5.41) is 6.19. The van der Waals surface area contributed by atoms with Gasteiger partial charge in [-0.2, -0.15) is 0 Å². The monoisotopic (exact) mass is 963 g/mol. The van der Waals surface area contributed by atoms with Crippen LogP contribution in [-0.4, -0.2) is 20.3 Å². The lowest BCUT2D eigenvalue weighted by atomic mass is 9.77. The SMILES string of the molecule is CCC(Oc1cccc2c1ccn2C)POc1c(C(C)(C)C)cc2cc(C(C)(C)C)ccc2c1-c1c(OPC(C)(CC)Oc2cccc3c2ccn3C)c(C(C)(C)C)cc2cc(C(C)(C)C)ccc12. The second kappa shape index (κ2) is 18.6. The lowest BCUT2D eigenvalue weighted by Gasteiger charge is -2.33. The molecule has 0 aliphatic carbocycles. The lowest BCUT2D eigenvalue weighted by molar-refractivity contribution is 0.172. The maximum absolute atomic E-state index is 7.59. The zero-order valence-corrected chi connectivity index (χ0v) is 46.4. The van der Waals surface area contributed by atoms with Crippen molar-refractivity contribution in [3.63, 3.8) is 0 Å². The maximum atomic E-state index is 7.59. The maximum Gasteiger partial charge on any atom is 0.157 e. The Morgan fingerprint density at radius 2 is 0.971 bits per heavy atom. The van der Waals surface area contributed by atoms with E-state index in [9.17, 15) is 0 Å². The highest BCUT2D eigenvalue weighted by atomic mass is 31.1. The van der Waals surface area contributed by atoms with E-state index in [0.717, 1.165) is 90.7 Å². The number of aromatic nitrogens is 2. The van der Waals surface area contributed by atoms with Gasteiger partial charge in [-0.15, -0.1) is 0 Å².